The number of hydrogen-bond donors (Lipinski definition) is 0. The van der Waals surface area contributed by atoms with E-state index in [2.05, 4.69) is 13.8 Å². The second-order valence-electron chi connectivity index (χ2n) is 4.77. The zero-order valence-corrected chi connectivity index (χ0v) is 11.3. The Kier molecular flexibility index (Phi) is 6.08. The van der Waals surface area contributed by atoms with Gasteiger partial charge in [0.05, 0.1) is 0 Å². The van der Waals surface area contributed by atoms with Crippen molar-refractivity contribution in [1.82, 2.24) is 9.80 Å². The Balaban J connectivity index is 0.000000325. The fourth-order valence-corrected chi connectivity index (χ4v) is 1.74. The highest BCUT2D eigenvalue weighted by Crippen LogP contribution is 2.21. The molecule has 0 spiro atoms. The standard InChI is InChI=1S/C8H15NO.C4H9NO/c1-6-4-7(2)9(5-6)8(3)10;1-4(6)5(2)3/h6-7H,4-5H2,1-3H3;1-3H3. The van der Waals surface area contributed by atoms with Gasteiger partial charge in [-0.3, -0.25) is 9.59 Å². The van der Waals surface area contributed by atoms with Gasteiger partial charge in [0.15, 0.2) is 0 Å². The number of hydrogen-bond acceptors (Lipinski definition) is 2. The first-order valence-electron chi connectivity index (χ1n) is 5.70. The third-order valence-electron chi connectivity index (χ3n) is 2.82. The molecule has 16 heavy (non-hydrogen) atoms. The van der Waals surface area contributed by atoms with E-state index in [-0.39, 0.29) is 11.8 Å². The molecule has 0 aromatic heterocycles. The highest BCUT2D eigenvalue weighted by Gasteiger charge is 2.27. The summed E-state index contributed by atoms with van der Waals surface area (Å²) in [4.78, 5) is 24.5. The van der Waals surface area contributed by atoms with Crippen molar-refractivity contribution in [2.75, 3.05) is 20.6 Å². The third kappa shape index (κ3) is 5.14. The number of carbonyl (C=O) groups is 2. The Hall–Kier alpha value is -1.06. The molecule has 0 aromatic carbocycles. The van der Waals surface area contributed by atoms with Gasteiger partial charge in [-0.25, -0.2) is 0 Å². The first-order valence-corrected chi connectivity index (χ1v) is 5.70. The minimum Gasteiger partial charge on any atom is -0.349 e. The molecule has 1 aliphatic rings. The van der Waals surface area contributed by atoms with Crippen LogP contribution in [0.15, 0.2) is 0 Å². The van der Waals surface area contributed by atoms with Gasteiger partial charge in [-0.1, -0.05) is 6.92 Å². The lowest BCUT2D eigenvalue weighted by Crippen LogP contribution is -2.31. The van der Waals surface area contributed by atoms with Gasteiger partial charge in [0.1, 0.15) is 0 Å². The zero-order chi connectivity index (χ0) is 12.9. The molecule has 2 unspecified atom stereocenters. The first kappa shape index (κ1) is 14.9. The predicted octanol–water partition coefficient (Wildman–Crippen LogP) is 1.36. The Morgan fingerprint density at radius 1 is 1.19 bits per heavy atom. The van der Waals surface area contributed by atoms with Gasteiger partial charge in [-0.05, 0) is 19.3 Å². The van der Waals surface area contributed by atoms with E-state index in [1.807, 2.05) is 4.90 Å². The van der Waals surface area contributed by atoms with Gasteiger partial charge in [-0.15, -0.1) is 0 Å². The Bertz CT molecular complexity index is 251. The van der Waals surface area contributed by atoms with Crippen molar-refractivity contribution in [2.45, 2.75) is 40.2 Å². The number of rotatable bonds is 0. The van der Waals surface area contributed by atoms with Crippen LogP contribution < -0.4 is 0 Å². The van der Waals surface area contributed by atoms with Crippen LogP contribution in [0.4, 0.5) is 0 Å². The second kappa shape index (κ2) is 6.51. The van der Waals surface area contributed by atoms with E-state index in [1.54, 1.807) is 21.0 Å². The monoisotopic (exact) mass is 228 g/mol. The largest absolute Gasteiger partial charge is 0.349 e. The summed E-state index contributed by atoms with van der Waals surface area (Å²) in [6, 6.07) is 0.465. The molecule has 1 aliphatic heterocycles. The normalized spacial score (nSPS) is 23.5. The van der Waals surface area contributed by atoms with E-state index in [0.29, 0.717) is 12.0 Å². The van der Waals surface area contributed by atoms with Crippen molar-refractivity contribution in [3.05, 3.63) is 0 Å². The quantitative estimate of drug-likeness (QED) is 0.628. The van der Waals surface area contributed by atoms with Crippen molar-refractivity contribution >= 4 is 11.8 Å². The average Bonchev–Trinajstić information content (AvgIpc) is 2.46. The van der Waals surface area contributed by atoms with Crippen molar-refractivity contribution in [3.63, 3.8) is 0 Å². The van der Waals surface area contributed by atoms with Crippen LogP contribution in [0.3, 0.4) is 0 Å². The fraction of sp³-hybridized carbons (Fsp3) is 0.833. The molecule has 1 rings (SSSR count). The van der Waals surface area contributed by atoms with Crippen LogP contribution in [0, 0.1) is 5.92 Å². The van der Waals surface area contributed by atoms with Crippen LogP contribution in [0.25, 0.3) is 0 Å². The molecule has 94 valence electrons. The summed E-state index contributed by atoms with van der Waals surface area (Å²) in [5, 5.41) is 0. The van der Waals surface area contributed by atoms with Crippen molar-refractivity contribution in [1.29, 1.82) is 0 Å². The smallest absolute Gasteiger partial charge is 0.219 e. The highest BCUT2D eigenvalue weighted by molar-refractivity contribution is 5.73. The van der Waals surface area contributed by atoms with Gasteiger partial charge >= 0.3 is 0 Å². The third-order valence-corrected chi connectivity index (χ3v) is 2.82. The summed E-state index contributed by atoms with van der Waals surface area (Å²) in [5.74, 6) is 1.01. The summed E-state index contributed by atoms with van der Waals surface area (Å²) in [5.41, 5.74) is 0. The van der Waals surface area contributed by atoms with Gasteiger partial charge in [-0.2, -0.15) is 0 Å². The minimum absolute atomic E-state index is 0.0926. The van der Waals surface area contributed by atoms with Gasteiger partial charge in [0.25, 0.3) is 0 Å². The number of nitrogens with zero attached hydrogens (tertiary/aromatic N) is 2. The lowest BCUT2D eigenvalue weighted by atomic mass is 10.1. The van der Waals surface area contributed by atoms with Crippen molar-refractivity contribution in [2.24, 2.45) is 5.92 Å². The maximum atomic E-state index is 10.9. The molecule has 0 N–H and O–H groups in total. The van der Waals surface area contributed by atoms with Gasteiger partial charge in [0.2, 0.25) is 11.8 Å². The van der Waals surface area contributed by atoms with E-state index >= 15 is 0 Å². The molecule has 0 radical (unpaired) electrons. The molecule has 4 heteroatoms. The predicted molar refractivity (Wildman–Crippen MR) is 65.0 cm³/mol. The zero-order valence-electron chi connectivity index (χ0n) is 11.3. The number of likely N-dealkylation sites (tertiary alicyclic amines) is 1. The maximum Gasteiger partial charge on any atom is 0.219 e. The minimum atomic E-state index is 0.0926. The lowest BCUT2D eigenvalue weighted by Gasteiger charge is -2.18. The van der Waals surface area contributed by atoms with Gasteiger partial charge < -0.3 is 9.80 Å². The molecule has 0 bridgehead atoms. The number of amides is 2. The molecular formula is C12H24N2O2. The van der Waals surface area contributed by atoms with E-state index in [1.165, 1.54) is 18.2 Å². The Morgan fingerprint density at radius 3 is 1.75 bits per heavy atom. The van der Waals surface area contributed by atoms with Crippen LogP contribution in [0.1, 0.15) is 34.1 Å². The SMILES string of the molecule is CC(=O)N(C)C.CC(=O)N1CC(C)CC1C. The molecule has 0 aromatic rings. The maximum absolute atomic E-state index is 10.9. The molecule has 0 aliphatic carbocycles. The molecule has 2 amide bonds. The fourth-order valence-electron chi connectivity index (χ4n) is 1.74. The van der Waals surface area contributed by atoms with E-state index in [4.69, 9.17) is 0 Å². The first-order chi connectivity index (χ1) is 7.25. The second-order valence-corrected chi connectivity index (χ2v) is 4.77. The van der Waals surface area contributed by atoms with Crippen LogP contribution in [0.2, 0.25) is 0 Å². The molecule has 4 nitrogen and oxygen atoms in total. The van der Waals surface area contributed by atoms with Crippen LogP contribution in [-0.4, -0.2) is 48.3 Å². The van der Waals surface area contributed by atoms with Crippen molar-refractivity contribution < 1.29 is 9.59 Å². The summed E-state index contributed by atoms with van der Waals surface area (Å²) in [7, 11) is 3.45. The summed E-state index contributed by atoms with van der Waals surface area (Å²) in [6.45, 7) is 8.44. The lowest BCUT2D eigenvalue weighted by molar-refractivity contribution is -0.129. The van der Waals surface area contributed by atoms with Crippen molar-refractivity contribution in [3.8, 4) is 0 Å². The van der Waals surface area contributed by atoms with Crippen LogP contribution >= 0.6 is 0 Å². The van der Waals surface area contributed by atoms with E-state index < -0.39 is 0 Å². The van der Waals surface area contributed by atoms with E-state index in [0.717, 1.165) is 6.54 Å². The van der Waals surface area contributed by atoms with Gasteiger partial charge in [0, 0.05) is 40.5 Å². The highest BCUT2D eigenvalue weighted by atomic mass is 16.2. The summed E-state index contributed by atoms with van der Waals surface area (Å²) >= 11 is 0. The Morgan fingerprint density at radius 2 is 1.62 bits per heavy atom. The topological polar surface area (TPSA) is 40.6 Å². The Labute approximate surface area is 98.6 Å². The molecule has 1 fully saturated rings. The molecule has 1 heterocycles. The van der Waals surface area contributed by atoms with E-state index in [9.17, 15) is 9.59 Å². The molecule has 1 saturated heterocycles. The average molecular weight is 228 g/mol. The molecule has 0 saturated carbocycles. The summed E-state index contributed by atoms with van der Waals surface area (Å²) in [6.07, 6.45) is 1.17. The number of carbonyl (C=O) groups excluding carboxylic acids is 2. The summed E-state index contributed by atoms with van der Waals surface area (Å²) < 4.78 is 0. The molecule has 2 atom stereocenters. The molecular weight excluding hydrogens is 204 g/mol. The van der Waals surface area contributed by atoms with Crippen LogP contribution in [-0.2, 0) is 9.59 Å². The van der Waals surface area contributed by atoms with Crippen LogP contribution in [0.5, 0.6) is 0 Å².